The molecule has 0 amide bonds. The minimum atomic E-state index is 0.0683. The summed E-state index contributed by atoms with van der Waals surface area (Å²) in [6.07, 6.45) is 0.160. The summed E-state index contributed by atoms with van der Waals surface area (Å²) in [5, 5.41) is 3.43. The van der Waals surface area contributed by atoms with Gasteiger partial charge in [0.1, 0.15) is 0 Å². The summed E-state index contributed by atoms with van der Waals surface area (Å²) in [6.45, 7) is 7.75. The fourth-order valence-electron chi connectivity index (χ4n) is 1.81. The Balaban J connectivity index is 2.63. The molecule has 18 heavy (non-hydrogen) atoms. The van der Waals surface area contributed by atoms with Crippen LogP contribution >= 0.6 is 0 Å². The monoisotopic (exact) mass is 251 g/mol. The normalized spacial score (nSPS) is 14.7. The van der Waals surface area contributed by atoms with Gasteiger partial charge >= 0.3 is 0 Å². The number of benzene rings is 1. The second-order valence-corrected chi connectivity index (χ2v) is 4.86. The molecule has 0 heterocycles. The lowest BCUT2D eigenvalue weighted by molar-refractivity contribution is -0.0399. The van der Waals surface area contributed by atoms with E-state index in [1.54, 1.807) is 7.11 Å². The molecule has 1 aromatic rings. The Bertz CT molecular complexity index is 314. The fourth-order valence-corrected chi connectivity index (χ4v) is 1.81. The Morgan fingerprint density at radius 1 is 1.11 bits per heavy atom. The Labute approximate surface area is 110 Å². The van der Waals surface area contributed by atoms with E-state index in [-0.39, 0.29) is 12.2 Å². The maximum atomic E-state index is 6.04. The molecule has 0 saturated carbocycles. The first-order valence-corrected chi connectivity index (χ1v) is 6.56. The van der Waals surface area contributed by atoms with Gasteiger partial charge in [0.25, 0.3) is 0 Å². The van der Waals surface area contributed by atoms with Crippen LogP contribution < -0.4 is 5.32 Å². The van der Waals surface area contributed by atoms with Crippen molar-refractivity contribution in [2.45, 2.75) is 39.0 Å². The van der Waals surface area contributed by atoms with Crippen molar-refractivity contribution < 1.29 is 9.47 Å². The van der Waals surface area contributed by atoms with Crippen LogP contribution in [0.3, 0.4) is 0 Å². The number of hydrogen-bond donors (Lipinski definition) is 1. The van der Waals surface area contributed by atoms with Gasteiger partial charge in [-0.2, -0.15) is 0 Å². The molecule has 0 bridgehead atoms. The van der Waals surface area contributed by atoms with Crippen LogP contribution in [0, 0.1) is 0 Å². The summed E-state index contributed by atoms with van der Waals surface area (Å²) in [5.74, 6) is 0. The van der Waals surface area contributed by atoms with E-state index in [1.165, 1.54) is 5.56 Å². The first-order valence-electron chi connectivity index (χ1n) is 6.56. The SMILES string of the molecule is COCC(C)OC(CNC(C)C)c1ccccc1. The summed E-state index contributed by atoms with van der Waals surface area (Å²) in [4.78, 5) is 0. The van der Waals surface area contributed by atoms with Crippen molar-refractivity contribution in [2.75, 3.05) is 20.3 Å². The van der Waals surface area contributed by atoms with E-state index in [4.69, 9.17) is 9.47 Å². The minimum absolute atomic E-state index is 0.0683. The molecule has 0 spiro atoms. The Kier molecular flexibility index (Phi) is 6.94. The lowest BCUT2D eigenvalue weighted by Crippen LogP contribution is -2.31. The predicted molar refractivity (Wildman–Crippen MR) is 74.7 cm³/mol. The number of hydrogen-bond acceptors (Lipinski definition) is 3. The Hall–Kier alpha value is -0.900. The summed E-state index contributed by atoms with van der Waals surface area (Å²) >= 11 is 0. The van der Waals surface area contributed by atoms with Crippen LogP contribution in [0.1, 0.15) is 32.4 Å². The number of nitrogens with one attached hydrogen (secondary N) is 1. The summed E-state index contributed by atoms with van der Waals surface area (Å²) in [5.41, 5.74) is 1.20. The fraction of sp³-hybridized carbons (Fsp3) is 0.600. The predicted octanol–water partition coefficient (Wildman–Crippen LogP) is 2.78. The van der Waals surface area contributed by atoms with E-state index < -0.39 is 0 Å². The third-order valence-electron chi connectivity index (χ3n) is 2.68. The molecule has 102 valence electrons. The van der Waals surface area contributed by atoms with Gasteiger partial charge < -0.3 is 14.8 Å². The van der Waals surface area contributed by atoms with Gasteiger partial charge in [-0.25, -0.2) is 0 Å². The largest absolute Gasteiger partial charge is 0.382 e. The van der Waals surface area contributed by atoms with Gasteiger partial charge in [-0.1, -0.05) is 44.2 Å². The number of ether oxygens (including phenoxy) is 2. The van der Waals surface area contributed by atoms with Crippen molar-refractivity contribution in [2.24, 2.45) is 0 Å². The third-order valence-corrected chi connectivity index (χ3v) is 2.68. The molecule has 0 aliphatic carbocycles. The van der Waals surface area contributed by atoms with Crippen LogP contribution in [-0.2, 0) is 9.47 Å². The van der Waals surface area contributed by atoms with Crippen molar-refractivity contribution in [1.82, 2.24) is 5.32 Å². The number of rotatable bonds is 8. The average Bonchev–Trinajstić information content (AvgIpc) is 2.35. The first-order chi connectivity index (χ1) is 8.63. The Morgan fingerprint density at radius 3 is 2.33 bits per heavy atom. The lowest BCUT2D eigenvalue weighted by Gasteiger charge is -2.24. The van der Waals surface area contributed by atoms with Crippen LogP contribution in [0.2, 0.25) is 0 Å². The molecular weight excluding hydrogens is 226 g/mol. The average molecular weight is 251 g/mol. The first kappa shape index (κ1) is 15.2. The molecule has 1 aromatic carbocycles. The molecule has 3 heteroatoms. The molecule has 1 rings (SSSR count). The quantitative estimate of drug-likeness (QED) is 0.770. The molecule has 3 nitrogen and oxygen atoms in total. The molecule has 2 unspecified atom stereocenters. The van der Waals surface area contributed by atoms with Crippen molar-refractivity contribution in [3.8, 4) is 0 Å². The van der Waals surface area contributed by atoms with E-state index in [1.807, 2.05) is 25.1 Å². The standard InChI is InChI=1S/C15H25NO2/c1-12(2)16-10-15(18-13(3)11-17-4)14-8-6-5-7-9-14/h5-9,12-13,15-16H,10-11H2,1-4H3. The zero-order valence-electron chi connectivity index (χ0n) is 11.8. The molecular formula is C15H25NO2. The topological polar surface area (TPSA) is 30.5 Å². The highest BCUT2D eigenvalue weighted by Crippen LogP contribution is 2.18. The number of methoxy groups -OCH3 is 1. The second kappa shape index (κ2) is 8.25. The second-order valence-electron chi connectivity index (χ2n) is 4.86. The van der Waals surface area contributed by atoms with Crippen LogP contribution in [0.15, 0.2) is 30.3 Å². The zero-order valence-corrected chi connectivity index (χ0v) is 11.8. The van der Waals surface area contributed by atoms with Crippen LogP contribution in [0.4, 0.5) is 0 Å². The molecule has 0 aromatic heterocycles. The van der Waals surface area contributed by atoms with Gasteiger partial charge in [-0.05, 0) is 12.5 Å². The molecule has 0 aliphatic rings. The molecule has 0 saturated heterocycles. The van der Waals surface area contributed by atoms with Gasteiger partial charge in [-0.3, -0.25) is 0 Å². The van der Waals surface area contributed by atoms with Gasteiger partial charge in [0.15, 0.2) is 0 Å². The van der Waals surface area contributed by atoms with Crippen LogP contribution in [0.25, 0.3) is 0 Å². The van der Waals surface area contributed by atoms with Gasteiger partial charge in [-0.15, -0.1) is 0 Å². The van der Waals surface area contributed by atoms with E-state index >= 15 is 0 Å². The highest BCUT2D eigenvalue weighted by molar-refractivity contribution is 5.18. The van der Waals surface area contributed by atoms with Crippen LogP contribution in [0.5, 0.6) is 0 Å². The van der Waals surface area contributed by atoms with E-state index in [0.29, 0.717) is 12.6 Å². The molecule has 0 radical (unpaired) electrons. The van der Waals surface area contributed by atoms with E-state index in [9.17, 15) is 0 Å². The highest BCUT2D eigenvalue weighted by atomic mass is 16.5. The lowest BCUT2D eigenvalue weighted by atomic mass is 10.1. The van der Waals surface area contributed by atoms with Gasteiger partial charge in [0.05, 0.1) is 18.8 Å². The maximum absolute atomic E-state index is 6.04. The third kappa shape index (κ3) is 5.63. The van der Waals surface area contributed by atoms with Crippen molar-refractivity contribution in [1.29, 1.82) is 0 Å². The van der Waals surface area contributed by atoms with Crippen molar-refractivity contribution >= 4 is 0 Å². The van der Waals surface area contributed by atoms with Gasteiger partial charge in [0.2, 0.25) is 0 Å². The van der Waals surface area contributed by atoms with E-state index in [0.717, 1.165) is 6.54 Å². The molecule has 0 fully saturated rings. The minimum Gasteiger partial charge on any atom is -0.382 e. The summed E-state index contributed by atoms with van der Waals surface area (Å²) in [7, 11) is 1.70. The van der Waals surface area contributed by atoms with Crippen molar-refractivity contribution in [3.05, 3.63) is 35.9 Å². The van der Waals surface area contributed by atoms with Gasteiger partial charge in [0, 0.05) is 19.7 Å². The molecule has 0 aliphatic heterocycles. The smallest absolute Gasteiger partial charge is 0.0954 e. The molecule has 1 N–H and O–H groups in total. The highest BCUT2D eigenvalue weighted by Gasteiger charge is 2.15. The molecule has 2 atom stereocenters. The van der Waals surface area contributed by atoms with Crippen LogP contribution in [-0.4, -0.2) is 32.4 Å². The van der Waals surface area contributed by atoms with E-state index in [2.05, 4.69) is 31.3 Å². The van der Waals surface area contributed by atoms with Crippen molar-refractivity contribution in [3.63, 3.8) is 0 Å². The summed E-state index contributed by atoms with van der Waals surface area (Å²) < 4.78 is 11.2. The zero-order chi connectivity index (χ0) is 13.4. The maximum Gasteiger partial charge on any atom is 0.0954 e. The Morgan fingerprint density at radius 2 is 1.78 bits per heavy atom. The summed E-state index contributed by atoms with van der Waals surface area (Å²) in [6, 6.07) is 10.8.